The Morgan fingerprint density at radius 3 is 2.36 bits per heavy atom. The summed E-state index contributed by atoms with van der Waals surface area (Å²) in [7, 11) is 0. The summed E-state index contributed by atoms with van der Waals surface area (Å²) in [6.45, 7) is 3.49. The van der Waals surface area contributed by atoms with Crippen LogP contribution in [0.4, 0.5) is 0 Å². The fourth-order valence-corrected chi connectivity index (χ4v) is 2.17. The predicted octanol–water partition coefficient (Wildman–Crippen LogP) is 3.19. The first-order valence-corrected chi connectivity index (χ1v) is 6.03. The number of hydrogen-bond acceptors (Lipinski definition) is 1. The fraction of sp³-hybridized carbons (Fsp3) is 0.300. The molecule has 1 aromatic carbocycles. The molecule has 0 aliphatic heterocycles. The van der Waals surface area contributed by atoms with Crippen LogP contribution >= 0.6 is 38.5 Å². The van der Waals surface area contributed by atoms with E-state index in [4.69, 9.17) is 0 Å². The lowest BCUT2D eigenvalue weighted by Crippen LogP contribution is -2.36. The molecule has 0 fully saturated rings. The minimum Gasteiger partial charge on any atom is -0.338 e. The monoisotopic (exact) mass is 367 g/mol. The standard InChI is InChI=1S/C10H11BrINO/c1-7(14)13-10(2,12)8-3-5-9(11)6-4-8/h3-6H,1-2H3,(H,13,14). The van der Waals surface area contributed by atoms with Crippen molar-refractivity contribution in [3.05, 3.63) is 34.3 Å². The van der Waals surface area contributed by atoms with Gasteiger partial charge in [-0.1, -0.05) is 28.1 Å². The molecule has 0 bridgehead atoms. The molecule has 0 spiro atoms. The van der Waals surface area contributed by atoms with Gasteiger partial charge in [-0.15, -0.1) is 0 Å². The topological polar surface area (TPSA) is 29.1 Å². The van der Waals surface area contributed by atoms with Gasteiger partial charge in [0, 0.05) is 11.4 Å². The van der Waals surface area contributed by atoms with Crippen molar-refractivity contribution < 1.29 is 4.79 Å². The highest BCUT2D eigenvalue weighted by Gasteiger charge is 2.22. The summed E-state index contributed by atoms with van der Waals surface area (Å²) in [5.41, 5.74) is 1.08. The molecule has 1 N–H and O–H groups in total. The largest absolute Gasteiger partial charge is 0.338 e. The van der Waals surface area contributed by atoms with Gasteiger partial charge in [0.05, 0.1) is 0 Å². The van der Waals surface area contributed by atoms with E-state index in [9.17, 15) is 4.79 Å². The molecular weight excluding hydrogens is 357 g/mol. The lowest BCUT2D eigenvalue weighted by Gasteiger charge is -2.24. The van der Waals surface area contributed by atoms with Crippen LogP contribution in [0.5, 0.6) is 0 Å². The molecule has 0 saturated heterocycles. The van der Waals surface area contributed by atoms with Crippen LogP contribution in [0.15, 0.2) is 28.7 Å². The van der Waals surface area contributed by atoms with Crippen molar-refractivity contribution in [1.29, 1.82) is 0 Å². The second kappa shape index (κ2) is 4.61. The Morgan fingerprint density at radius 1 is 1.43 bits per heavy atom. The van der Waals surface area contributed by atoms with Crippen LogP contribution in [0.2, 0.25) is 0 Å². The third kappa shape index (κ3) is 3.24. The highest BCUT2D eigenvalue weighted by atomic mass is 127. The van der Waals surface area contributed by atoms with E-state index < -0.39 is 0 Å². The summed E-state index contributed by atoms with van der Waals surface area (Å²) < 4.78 is 0.695. The third-order valence-corrected chi connectivity index (χ3v) is 3.22. The first kappa shape index (κ1) is 12.0. The van der Waals surface area contributed by atoms with Crippen molar-refractivity contribution in [2.45, 2.75) is 17.4 Å². The number of carbonyl (C=O) groups is 1. The van der Waals surface area contributed by atoms with Crippen LogP contribution in [-0.2, 0) is 8.34 Å². The molecule has 1 atom stereocenters. The second-order valence-electron chi connectivity index (χ2n) is 3.19. The van der Waals surface area contributed by atoms with Crippen molar-refractivity contribution in [3.63, 3.8) is 0 Å². The first-order chi connectivity index (χ1) is 6.42. The van der Waals surface area contributed by atoms with Crippen LogP contribution in [0.25, 0.3) is 0 Å². The quantitative estimate of drug-likeness (QED) is 0.485. The Balaban J connectivity index is 2.91. The van der Waals surface area contributed by atoms with Crippen LogP contribution in [-0.4, -0.2) is 5.91 Å². The van der Waals surface area contributed by atoms with Gasteiger partial charge in [-0.3, -0.25) is 4.79 Å². The van der Waals surface area contributed by atoms with Gasteiger partial charge < -0.3 is 5.32 Å². The Bertz CT molecular complexity index is 334. The zero-order chi connectivity index (χ0) is 10.8. The van der Waals surface area contributed by atoms with Gasteiger partial charge >= 0.3 is 0 Å². The summed E-state index contributed by atoms with van der Waals surface area (Å²) in [5.74, 6) is -0.0233. The molecule has 14 heavy (non-hydrogen) atoms. The van der Waals surface area contributed by atoms with Crippen LogP contribution < -0.4 is 5.32 Å². The Kier molecular flexibility index (Phi) is 3.94. The normalized spacial score (nSPS) is 14.6. The molecule has 1 unspecified atom stereocenters. The summed E-state index contributed by atoms with van der Waals surface area (Å²) in [6.07, 6.45) is 0. The van der Waals surface area contributed by atoms with E-state index in [1.54, 1.807) is 0 Å². The van der Waals surface area contributed by atoms with Gasteiger partial charge in [0.25, 0.3) is 0 Å². The predicted molar refractivity (Wildman–Crippen MR) is 69.3 cm³/mol. The molecule has 1 aromatic rings. The van der Waals surface area contributed by atoms with Crippen molar-refractivity contribution in [3.8, 4) is 0 Å². The van der Waals surface area contributed by atoms with Gasteiger partial charge in [0.1, 0.15) is 3.55 Å². The number of halogens is 2. The van der Waals surface area contributed by atoms with E-state index in [1.165, 1.54) is 6.92 Å². The van der Waals surface area contributed by atoms with E-state index in [1.807, 2.05) is 31.2 Å². The molecule has 2 nitrogen and oxygen atoms in total. The number of amides is 1. The van der Waals surface area contributed by atoms with Crippen LogP contribution in [0.1, 0.15) is 19.4 Å². The summed E-state index contributed by atoms with van der Waals surface area (Å²) in [5, 5.41) is 2.89. The van der Waals surface area contributed by atoms with Gasteiger partial charge in [-0.25, -0.2) is 0 Å². The maximum absolute atomic E-state index is 11.0. The van der Waals surface area contributed by atoms with Crippen molar-refractivity contribution in [2.75, 3.05) is 0 Å². The maximum atomic E-state index is 11.0. The summed E-state index contributed by atoms with van der Waals surface area (Å²) in [6, 6.07) is 7.92. The van der Waals surface area contributed by atoms with E-state index in [2.05, 4.69) is 43.8 Å². The van der Waals surface area contributed by atoms with Crippen molar-refractivity contribution in [2.24, 2.45) is 0 Å². The minimum absolute atomic E-state index is 0.0233. The minimum atomic E-state index is -0.343. The maximum Gasteiger partial charge on any atom is 0.218 e. The van der Waals surface area contributed by atoms with Crippen LogP contribution in [0, 0.1) is 0 Å². The number of alkyl halides is 1. The van der Waals surface area contributed by atoms with Gasteiger partial charge in [-0.05, 0) is 47.2 Å². The smallest absolute Gasteiger partial charge is 0.218 e. The number of carbonyl (C=O) groups excluding carboxylic acids is 1. The summed E-state index contributed by atoms with van der Waals surface area (Å²) in [4.78, 5) is 11.0. The number of benzene rings is 1. The molecule has 0 aliphatic carbocycles. The molecule has 0 heterocycles. The Morgan fingerprint density at radius 2 is 1.93 bits per heavy atom. The molecule has 1 rings (SSSR count). The number of rotatable bonds is 2. The van der Waals surface area contributed by atoms with Gasteiger partial charge in [-0.2, -0.15) is 0 Å². The molecule has 1 amide bonds. The first-order valence-electron chi connectivity index (χ1n) is 4.15. The molecule has 76 valence electrons. The number of hydrogen-bond donors (Lipinski definition) is 1. The molecule has 4 heteroatoms. The second-order valence-corrected chi connectivity index (χ2v) is 6.26. The fourth-order valence-electron chi connectivity index (χ4n) is 1.17. The molecule has 0 aliphatic rings. The molecule has 0 radical (unpaired) electrons. The van der Waals surface area contributed by atoms with Crippen LogP contribution in [0.3, 0.4) is 0 Å². The zero-order valence-electron chi connectivity index (χ0n) is 7.97. The Hall–Kier alpha value is -0.100. The van der Waals surface area contributed by atoms with Crippen molar-refractivity contribution in [1.82, 2.24) is 5.32 Å². The van der Waals surface area contributed by atoms with Gasteiger partial charge in [0.15, 0.2) is 0 Å². The molecular formula is C10H11BrINO. The lowest BCUT2D eigenvalue weighted by molar-refractivity contribution is -0.119. The third-order valence-electron chi connectivity index (χ3n) is 1.80. The lowest BCUT2D eigenvalue weighted by atomic mass is 10.1. The van der Waals surface area contributed by atoms with Crippen molar-refractivity contribution >= 4 is 44.4 Å². The summed E-state index contributed by atoms with van der Waals surface area (Å²) >= 11 is 5.59. The molecule has 0 saturated carbocycles. The van der Waals surface area contributed by atoms with E-state index in [0.717, 1.165) is 10.0 Å². The SMILES string of the molecule is CC(=O)NC(C)(I)c1ccc(Br)cc1. The van der Waals surface area contributed by atoms with Gasteiger partial charge in [0.2, 0.25) is 5.91 Å². The highest BCUT2D eigenvalue weighted by molar-refractivity contribution is 14.1. The van der Waals surface area contributed by atoms with E-state index in [-0.39, 0.29) is 9.45 Å². The van der Waals surface area contributed by atoms with E-state index >= 15 is 0 Å². The average Bonchev–Trinajstić information content (AvgIpc) is 2.02. The van der Waals surface area contributed by atoms with E-state index in [0.29, 0.717) is 0 Å². The Labute approximate surface area is 106 Å². The highest BCUT2D eigenvalue weighted by Crippen LogP contribution is 2.29. The zero-order valence-corrected chi connectivity index (χ0v) is 11.7. The number of nitrogens with one attached hydrogen (secondary N) is 1. The average molecular weight is 368 g/mol. The molecule has 0 aromatic heterocycles.